The van der Waals surface area contributed by atoms with Crippen molar-refractivity contribution in [3.05, 3.63) is 21.6 Å². The third kappa shape index (κ3) is 2.68. The van der Waals surface area contributed by atoms with E-state index in [1.54, 1.807) is 6.92 Å². The minimum Gasteiger partial charge on any atom is -0.490 e. The molecule has 102 valence electrons. The van der Waals surface area contributed by atoms with Crippen molar-refractivity contribution in [3.8, 4) is 5.75 Å². The maximum absolute atomic E-state index is 12.0. The summed E-state index contributed by atoms with van der Waals surface area (Å²) in [6.45, 7) is 2.12. The van der Waals surface area contributed by atoms with E-state index in [1.165, 1.54) is 6.20 Å². The Kier molecular flexibility index (Phi) is 3.99. The molecule has 0 aromatic carbocycles. The van der Waals surface area contributed by atoms with Gasteiger partial charge in [0.1, 0.15) is 11.8 Å². The lowest BCUT2D eigenvalue weighted by Gasteiger charge is -2.21. The molecule has 1 aliphatic rings. The Balaban J connectivity index is 2.36. The summed E-state index contributed by atoms with van der Waals surface area (Å²) in [5, 5.41) is 3.82. The predicted molar refractivity (Wildman–Crippen MR) is 67.6 cm³/mol. The van der Waals surface area contributed by atoms with Crippen LogP contribution in [0.2, 0.25) is 5.02 Å². The van der Waals surface area contributed by atoms with Crippen LogP contribution in [0.3, 0.4) is 0 Å². The van der Waals surface area contributed by atoms with Crippen LogP contribution in [0.1, 0.15) is 32.2 Å². The molecule has 1 aromatic rings. The summed E-state index contributed by atoms with van der Waals surface area (Å²) in [6.07, 6.45) is 1.73. The van der Waals surface area contributed by atoms with E-state index in [0.717, 1.165) is 4.68 Å². The summed E-state index contributed by atoms with van der Waals surface area (Å²) in [6, 6.07) is -0.710. The van der Waals surface area contributed by atoms with Gasteiger partial charge in [-0.25, -0.2) is 4.68 Å². The fourth-order valence-corrected chi connectivity index (χ4v) is 2.22. The van der Waals surface area contributed by atoms with E-state index in [0.29, 0.717) is 6.61 Å². The number of nitrogens with zero attached hydrogens (tertiary/aromatic N) is 2. The number of ether oxygens (including phenoxy) is 1. The molecule has 1 atom stereocenters. The van der Waals surface area contributed by atoms with Gasteiger partial charge in [0.2, 0.25) is 0 Å². The summed E-state index contributed by atoms with van der Waals surface area (Å²) in [5.74, 6) is -0.206. The minimum atomic E-state index is -0.710. The van der Waals surface area contributed by atoms with Crippen molar-refractivity contribution in [2.45, 2.75) is 32.2 Å². The number of rotatable bonds is 3. The van der Waals surface area contributed by atoms with Gasteiger partial charge in [-0.2, -0.15) is 5.10 Å². The van der Waals surface area contributed by atoms with Gasteiger partial charge < -0.3 is 4.74 Å². The summed E-state index contributed by atoms with van der Waals surface area (Å²) in [4.78, 5) is 35.0. The highest BCUT2D eigenvalue weighted by atomic mass is 35.5. The molecule has 1 aliphatic carbocycles. The van der Waals surface area contributed by atoms with E-state index >= 15 is 0 Å². The molecule has 6 nitrogen and oxygen atoms in total. The molecule has 1 saturated carbocycles. The summed E-state index contributed by atoms with van der Waals surface area (Å²) in [5.41, 5.74) is -0.569. The van der Waals surface area contributed by atoms with Crippen LogP contribution in [0.25, 0.3) is 0 Å². The smallest absolute Gasteiger partial charge is 0.290 e. The Morgan fingerprint density at radius 1 is 1.47 bits per heavy atom. The fraction of sp³-hybridized carbons (Fsp3) is 0.500. The lowest BCUT2D eigenvalue weighted by molar-refractivity contribution is -0.132. The first kappa shape index (κ1) is 13.7. The van der Waals surface area contributed by atoms with Crippen LogP contribution in [-0.4, -0.2) is 28.0 Å². The quantitative estimate of drug-likeness (QED) is 0.778. The molecule has 0 N–H and O–H groups in total. The Labute approximate surface area is 114 Å². The normalized spacial score (nSPS) is 19.6. The van der Waals surface area contributed by atoms with Gasteiger partial charge in [-0.1, -0.05) is 11.6 Å². The van der Waals surface area contributed by atoms with E-state index in [-0.39, 0.29) is 41.6 Å². The molecule has 19 heavy (non-hydrogen) atoms. The average Bonchev–Trinajstić information content (AvgIpc) is 2.37. The first-order valence-corrected chi connectivity index (χ1v) is 6.37. The van der Waals surface area contributed by atoms with Gasteiger partial charge in [-0.3, -0.25) is 14.4 Å². The Morgan fingerprint density at radius 3 is 2.84 bits per heavy atom. The van der Waals surface area contributed by atoms with Gasteiger partial charge in [-0.05, 0) is 13.3 Å². The van der Waals surface area contributed by atoms with Gasteiger partial charge in [0.05, 0.1) is 19.2 Å². The molecule has 7 heteroatoms. The second kappa shape index (κ2) is 5.52. The van der Waals surface area contributed by atoms with Crippen LogP contribution in [0.5, 0.6) is 5.75 Å². The Morgan fingerprint density at radius 2 is 2.21 bits per heavy atom. The zero-order valence-corrected chi connectivity index (χ0v) is 11.1. The highest BCUT2D eigenvalue weighted by Gasteiger charge is 2.30. The van der Waals surface area contributed by atoms with Gasteiger partial charge in [0.25, 0.3) is 5.56 Å². The summed E-state index contributed by atoms with van der Waals surface area (Å²) >= 11 is 5.90. The van der Waals surface area contributed by atoms with Crippen molar-refractivity contribution in [2.75, 3.05) is 6.61 Å². The van der Waals surface area contributed by atoms with E-state index in [4.69, 9.17) is 16.3 Å². The van der Waals surface area contributed by atoms with Crippen LogP contribution in [-0.2, 0) is 9.59 Å². The van der Waals surface area contributed by atoms with Crippen molar-refractivity contribution in [1.82, 2.24) is 9.78 Å². The molecular weight excluding hydrogens is 272 g/mol. The maximum Gasteiger partial charge on any atom is 0.290 e. The second-order valence-corrected chi connectivity index (χ2v) is 4.62. The number of hydrogen-bond donors (Lipinski definition) is 0. The number of Topliss-reactive ketones (excluding diaryl/α,β-unsaturated/α-hetero) is 2. The van der Waals surface area contributed by atoms with Crippen molar-refractivity contribution in [3.63, 3.8) is 0 Å². The lowest BCUT2D eigenvalue weighted by Crippen LogP contribution is -2.36. The summed E-state index contributed by atoms with van der Waals surface area (Å²) in [7, 11) is 0. The highest BCUT2D eigenvalue weighted by Crippen LogP contribution is 2.24. The number of carbonyl (C=O) groups is 2. The molecule has 1 heterocycles. The Bertz CT molecular complexity index is 582. The maximum atomic E-state index is 12.0. The van der Waals surface area contributed by atoms with Gasteiger partial charge >= 0.3 is 0 Å². The number of halogens is 1. The molecule has 1 unspecified atom stereocenters. The van der Waals surface area contributed by atoms with Crippen molar-refractivity contribution in [2.24, 2.45) is 0 Å². The first-order chi connectivity index (χ1) is 9.04. The third-order valence-electron chi connectivity index (χ3n) is 2.95. The first-order valence-electron chi connectivity index (χ1n) is 5.99. The molecule has 0 amide bonds. The summed E-state index contributed by atoms with van der Waals surface area (Å²) < 4.78 is 6.20. The van der Waals surface area contributed by atoms with E-state index in [2.05, 4.69) is 5.10 Å². The van der Waals surface area contributed by atoms with Crippen LogP contribution in [0, 0.1) is 0 Å². The highest BCUT2D eigenvalue weighted by molar-refractivity contribution is 6.31. The average molecular weight is 285 g/mol. The zero-order chi connectivity index (χ0) is 14.0. The molecule has 0 bridgehead atoms. The Hall–Kier alpha value is -1.69. The number of hydrogen-bond acceptors (Lipinski definition) is 5. The van der Waals surface area contributed by atoms with Crippen LogP contribution >= 0.6 is 11.6 Å². The molecule has 1 aromatic heterocycles. The molecule has 0 spiro atoms. The predicted octanol–water partition coefficient (Wildman–Crippen LogP) is 1.16. The largest absolute Gasteiger partial charge is 0.490 e. The molecule has 2 rings (SSSR count). The fourth-order valence-electron chi connectivity index (χ4n) is 2.03. The standard InChI is InChI=1S/C12H13ClN2O4/c1-2-19-10-6-14-15(12(18)11(10)13)8-4-3-7(16)5-9(8)17/h6,8H,2-5H2,1H3. The van der Waals surface area contributed by atoms with Crippen molar-refractivity contribution < 1.29 is 14.3 Å². The van der Waals surface area contributed by atoms with Crippen LogP contribution in [0.4, 0.5) is 0 Å². The van der Waals surface area contributed by atoms with Crippen molar-refractivity contribution >= 4 is 23.2 Å². The topological polar surface area (TPSA) is 78.3 Å². The second-order valence-electron chi connectivity index (χ2n) is 4.24. The van der Waals surface area contributed by atoms with Crippen molar-refractivity contribution in [1.29, 1.82) is 0 Å². The van der Waals surface area contributed by atoms with Gasteiger partial charge in [0, 0.05) is 6.42 Å². The monoisotopic (exact) mass is 284 g/mol. The lowest BCUT2D eigenvalue weighted by atomic mass is 9.93. The molecule has 1 fully saturated rings. The minimum absolute atomic E-state index is 0.0958. The van der Waals surface area contributed by atoms with E-state index < -0.39 is 11.6 Å². The SMILES string of the molecule is CCOc1cnn(C2CCC(=O)CC2=O)c(=O)c1Cl. The van der Waals surface area contributed by atoms with Crippen LogP contribution < -0.4 is 10.3 Å². The third-order valence-corrected chi connectivity index (χ3v) is 3.29. The number of carbonyl (C=O) groups excluding carboxylic acids is 2. The van der Waals surface area contributed by atoms with E-state index in [1.807, 2.05) is 0 Å². The van der Waals surface area contributed by atoms with Gasteiger partial charge in [-0.15, -0.1) is 0 Å². The molecule has 0 aliphatic heterocycles. The molecule has 0 radical (unpaired) electrons. The number of aromatic nitrogens is 2. The molecular formula is C12H13ClN2O4. The van der Waals surface area contributed by atoms with Crippen LogP contribution in [0.15, 0.2) is 11.0 Å². The number of ketones is 2. The molecule has 0 saturated heterocycles. The zero-order valence-electron chi connectivity index (χ0n) is 10.4. The van der Waals surface area contributed by atoms with E-state index in [9.17, 15) is 14.4 Å². The van der Waals surface area contributed by atoms with Gasteiger partial charge in [0.15, 0.2) is 16.6 Å².